The van der Waals surface area contributed by atoms with E-state index in [1.54, 1.807) is 12.1 Å². The van der Waals surface area contributed by atoms with Gasteiger partial charge in [0.2, 0.25) is 0 Å². The minimum Gasteiger partial charge on any atom is -0.508 e. The number of benzene rings is 1. The quantitative estimate of drug-likeness (QED) is 0.906. The fourth-order valence-electron chi connectivity index (χ4n) is 3.55. The second-order valence-electron chi connectivity index (χ2n) is 5.82. The molecule has 2 saturated heterocycles. The van der Waals surface area contributed by atoms with E-state index in [1.807, 2.05) is 28.8 Å². The maximum Gasteiger partial charge on any atom is 0.409 e. The largest absolute Gasteiger partial charge is 0.508 e. The molecule has 0 spiro atoms. The molecule has 2 aliphatic rings. The Morgan fingerprint density at radius 3 is 2.43 bits per heavy atom. The van der Waals surface area contributed by atoms with Gasteiger partial charge in [-0.15, -0.1) is 11.8 Å². The number of aromatic hydroxyl groups is 1. The predicted molar refractivity (Wildman–Crippen MR) is 82.7 cm³/mol. The molecule has 2 unspecified atom stereocenters. The SMILES string of the molecule is COC(=O)N1C2CCCC1CC(Sc1ccc(O)cc1)C2. The lowest BCUT2D eigenvalue weighted by molar-refractivity contribution is 0.0348. The van der Waals surface area contributed by atoms with E-state index < -0.39 is 0 Å². The van der Waals surface area contributed by atoms with E-state index >= 15 is 0 Å². The first-order valence-corrected chi connectivity index (χ1v) is 8.37. The van der Waals surface area contributed by atoms with Crippen LogP contribution in [0.2, 0.25) is 0 Å². The number of piperidine rings is 2. The Bertz CT molecular complexity index is 491. The molecule has 2 atom stereocenters. The van der Waals surface area contributed by atoms with Crippen molar-refractivity contribution in [3.8, 4) is 5.75 Å². The number of rotatable bonds is 2. The summed E-state index contributed by atoms with van der Waals surface area (Å²) in [6.45, 7) is 0. The van der Waals surface area contributed by atoms with Gasteiger partial charge in [0.05, 0.1) is 7.11 Å². The normalized spacial score (nSPS) is 28.2. The number of phenols is 1. The number of amides is 1. The smallest absolute Gasteiger partial charge is 0.409 e. The minimum atomic E-state index is -0.169. The molecule has 0 radical (unpaired) electrons. The van der Waals surface area contributed by atoms with Gasteiger partial charge in [-0.3, -0.25) is 0 Å². The summed E-state index contributed by atoms with van der Waals surface area (Å²) in [6.07, 6.45) is 5.25. The summed E-state index contributed by atoms with van der Waals surface area (Å²) in [5.41, 5.74) is 0. The number of carbonyl (C=O) groups is 1. The van der Waals surface area contributed by atoms with Crippen LogP contribution in [-0.2, 0) is 4.74 Å². The highest BCUT2D eigenvalue weighted by atomic mass is 32.2. The average molecular weight is 307 g/mol. The van der Waals surface area contributed by atoms with Crippen LogP contribution in [0.5, 0.6) is 5.75 Å². The zero-order chi connectivity index (χ0) is 14.8. The van der Waals surface area contributed by atoms with Crippen molar-refractivity contribution in [3.05, 3.63) is 24.3 Å². The molecule has 114 valence electrons. The molecular weight excluding hydrogens is 286 g/mol. The molecular formula is C16H21NO3S. The van der Waals surface area contributed by atoms with Crippen LogP contribution in [-0.4, -0.2) is 40.5 Å². The fraction of sp³-hybridized carbons (Fsp3) is 0.562. The van der Waals surface area contributed by atoms with Crippen LogP contribution in [0.4, 0.5) is 4.79 Å². The summed E-state index contributed by atoms with van der Waals surface area (Å²) in [6, 6.07) is 8.02. The van der Waals surface area contributed by atoms with Crippen LogP contribution in [0, 0.1) is 0 Å². The van der Waals surface area contributed by atoms with Gasteiger partial charge < -0.3 is 14.7 Å². The highest BCUT2D eigenvalue weighted by molar-refractivity contribution is 8.00. The molecule has 2 heterocycles. The van der Waals surface area contributed by atoms with Crippen molar-refractivity contribution in [3.63, 3.8) is 0 Å². The highest BCUT2D eigenvalue weighted by Gasteiger charge is 2.41. The molecule has 0 aromatic heterocycles. The Morgan fingerprint density at radius 1 is 1.24 bits per heavy atom. The van der Waals surface area contributed by atoms with E-state index in [0.717, 1.165) is 25.7 Å². The van der Waals surface area contributed by atoms with Crippen molar-refractivity contribution >= 4 is 17.9 Å². The summed E-state index contributed by atoms with van der Waals surface area (Å²) in [5, 5.41) is 9.88. The standard InChI is InChI=1S/C16H21NO3S/c1-20-16(19)17-11-3-2-4-12(17)10-15(9-11)21-14-7-5-13(18)6-8-14/h5-8,11-12,15,18H,2-4,9-10H2,1H3. The molecule has 1 aromatic rings. The summed E-state index contributed by atoms with van der Waals surface area (Å²) >= 11 is 1.86. The summed E-state index contributed by atoms with van der Waals surface area (Å²) in [4.78, 5) is 15.1. The van der Waals surface area contributed by atoms with Gasteiger partial charge in [0.15, 0.2) is 0 Å². The van der Waals surface area contributed by atoms with Crippen molar-refractivity contribution < 1.29 is 14.6 Å². The Morgan fingerprint density at radius 2 is 1.86 bits per heavy atom. The number of ether oxygens (including phenoxy) is 1. The van der Waals surface area contributed by atoms with Crippen molar-refractivity contribution in [2.45, 2.75) is 54.3 Å². The molecule has 1 amide bonds. The molecule has 1 aromatic carbocycles. The molecule has 3 rings (SSSR count). The zero-order valence-electron chi connectivity index (χ0n) is 12.2. The number of hydrogen-bond acceptors (Lipinski definition) is 4. The number of fused-ring (bicyclic) bond motifs is 2. The Labute approximate surface area is 129 Å². The molecule has 5 heteroatoms. The van der Waals surface area contributed by atoms with Crippen LogP contribution in [0.1, 0.15) is 32.1 Å². The van der Waals surface area contributed by atoms with Gasteiger partial charge in [0.1, 0.15) is 5.75 Å². The number of methoxy groups -OCH3 is 1. The molecule has 1 N–H and O–H groups in total. The van der Waals surface area contributed by atoms with Crippen molar-refractivity contribution in [2.75, 3.05) is 7.11 Å². The summed E-state index contributed by atoms with van der Waals surface area (Å²) < 4.78 is 4.95. The van der Waals surface area contributed by atoms with Crippen LogP contribution in [0.25, 0.3) is 0 Å². The molecule has 0 aliphatic carbocycles. The lowest BCUT2D eigenvalue weighted by atomic mass is 9.84. The second kappa shape index (κ2) is 6.18. The third-order valence-electron chi connectivity index (χ3n) is 4.46. The van der Waals surface area contributed by atoms with Crippen LogP contribution >= 0.6 is 11.8 Å². The number of carbonyl (C=O) groups excluding carboxylic acids is 1. The summed E-state index contributed by atoms with van der Waals surface area (Å²) in [5.74, 6) is 0.303. The van der Waals surface area contributed by atoms with Crippen molar-refractivity contribution in [1.29, 1.82) is 0 Å². The van der Waals surface area contributed by atoms with Crippen LogP contribution in [0.15, 0.2) is 29.2 Å². The van der Waals surface area contributed by atoms with Crippen molar-refractivity contribution in [2.24, 2.45) is 0 Å². The highest BCUT2D eigenvalue weighted by Crippen LogP contribution is 2.41. The average Bonchev–Trinajstić information content (AvgIpc) is 2.48. The molecule has 0 saturated carbocycles. The van der Waals surface area contributed by atoms with Gasteiger partial charge in [-0.05, 0) is 56.4 Å². The molecule has 21 heavy (non-hydrogen) atoms. The topological polar surface area (TPSA) is 49.8 Å². The van der Waals surface area contributed by atoms with Gasteiger partial charge in [0, 0.05) is 22.2 Å². The maximum absolute atomic E-state index is 12.0. The van der Waals surface area contributed by atoms with E-state index in [1.165, 1.54) is 18.4 Å². The van der Waals surface area contributed by atoms with E-state index in [9.17, 15) is 9.90 Å². The molecule has 2 bridgehead atoms. The number of phenolic OH excluding ortho intramolecular Hbond substituents is 1. The monoisotopic (exact) mass is 307 g/mol. The van der Waals surface area contributed by atoms with Gasteiger partial charge in [-0.1, -0.05) is 0 Å². The summed E-state index contributed by atoms with van der Waals surface area (Å²) in [7, 11) is 1.47. The number of nitrogens with zero attached hydrogens (tertiary/aromatic N) is 1. The molecule has 2 aliphatic heterocycles. The van der Waals surface area contributed by atoms with Gasteiger partial charge in [-0.2, -0.15) is 0 Å². The minimum absolute atomic E-state index is 0.169. The second-order valence-corrected chi connectivity index (χ2v) is 7.19. The number of thioether (sulfide) groups is 1. The van der Waals surface area contributed by atoms with E-state index in [-0.39, 0.29) is 6.09 Å². The Balaban J connectivity index is 1.68. The Hall–Kier alpha value is -1.36. The first-order valence-electron chi connectivity index (χ1n) is 7.49. The predicted octanol–water partition coefficient (Wildman–Crippen LogP) is 3.64. The fourth-order valence-corrected chi connectivity index (χ4v) is 4.86. The third-order valence-corrected chi connectivity index (χ3v) is 5.72. The maximum atomic E-state index is 12.0. The first kappa shape index (κ1) is 14.6. The third kappa shape index (κ3) is 3.12. The molecule has 4 nitrogen and oxygen atoms in total. The van der Waals surface area contributed by atoms with E-state index in [2.05, 4.69) is 0 Å². The Kier molecular flexibility index (Phi) is 4.29. The first-order chi connectivity index (χ1) is 10.2. The lowest BCUT2D eigenvalue weighted by Gasteiger charge is -2.47. The van der Waals surface area contributed by atoms with E-state index in [0.29, 0.717) is 23.1 Å². The lowest BCUT2D eigenvalue weighted by Crippen LogP contribution is -2.55. The van der Waals surface area contributed by atoms with Gasteiger partial charge >= 0.3 is 6.09 Å². The van der Waals surface area contributed by atoms with Crippen LogP contribution in [0.3, 0.4) is 0 Å². The van der Waals surface area contributed by atoms with Crippen LogP contribution < -0.4 is 0 Å². The van der Waals surface area contributed by atoms with Gasteiger partial charge in [-0.25, -0.2) is 4.79 Å². The van der Waals surface area contributed by atoms with E-state index in [4.69, 9.17) is 4.74 Å². The number of hydrogen-bond donors (Lipinski definition) is 1. The zero-order valence-corrected chi connectivity index (χ0v) is 13.0. The van der Waals surface area contributed by atoms with Crippen molar-refractivity contribution in [1.82, 2.24) is 4.90 Å². The van der Waals surface area contributed by atoms with Gasteiger partial charge in [0.25, 0.3) is 0 Å². The molecule has 2 fully saturated rings.